The average molecular weight is 343 g/mol. The molecule has 19 heavy (non-hydrogen) atoms. The van der Waals surface area contributed by atoms with Crippen molar-refractivity contribution in [2.24, 2.45) is 0 Å². The Balaban J connectivity index is 2.26. The van der Waals surface area contributed by atoms with Crippen molar-refractivity contribution in [3.8, 4) is 11.5 Å². The predicted octanol–water partition coefficient (Wildman–Crippen LogP) is 4.89. The van der Waals surface area contributed by atoms with Gasteiger partial charge in [-0.15, -0.1) is 11.6 Å². The van der Waals surface area contributed by atoms with Crippen molar-refractivity contribution in [3.63, 3.8) is 0 Å². The van der Waals surface area contributed by atoms with E-state index in [9.17, 15) is 10.1 Å². The lowest BCUT2D eigenvalue weighted by Crippen LogP contribution is -1.90. The van der Waals surface area contributed by atoms with Crippen LogP contribution in [0, 0.1) is 10.1 Å². The summed E-state index contributed by atoms with van der Waals surface area (Å²) in [6.45, 7) is 0. The first-order chi connectivity index (χ1) is 9.10. The third kappa shape index (κ3) is 3.45. The lowest BCUT2D eigenvalue weighted by molar-refractivity contribution is -0.384. The van der Waals surface area contributed by atoms with Crippen molar-refractivity contribution < 1.29 is 9.66 Å². The molecular formula is C13H9BrClNO3. The van der Waals surface area contributed by atoms with Crippen LogP contribution in [0.1, 0.15) is 5.56 Å². The standard InChI is InChI=1S/C13H9BrClNO3/c14-12-6-9(8-15)4-5-13(12)19-11-3-1-2-10(7-11)16(17)18/h1-7H,8H2. The molecule has 0 fully saturated rings. The second-order valence-corrected chi connectivity index (χ2v) is 4.88. The fraction of sp³-hybridized carbons (Fsp3) is 0.0769. The lowest BCUT2D eigenvalue weighted by Gasteiger charge is -2.08. The van der Waals surface area contributed by atoms with E-state index in [1.165, 1.54) is 12.1 Å². The van der Waals surface area contributed by atoms with Gasteiger partial charge in [0.05, 0.1) is 15.5 Å². The van der Waals surface area contributed by atoms with E-state index in [4.69, 9.17) is 16.3 Å². The minimum atomic E-state index is -0.460. The van der Waals surface area contributed by atoms with Gasteiger partial charge in [-0.3, -0.25) is 10.1 Å². The molecule has 0 unspecified atom stereocenters. The minimum absolute atomic E-state index is 0.00833. The summed E-state index contributed by atoms with van der Waals surface area (Å²) in [5.74, 6) is 1.40. The van der Waals surface area contributed by atoms with E-state index in [0.717, 1.165) is 10.0 Å². The van der Waals surface area contributed by atoms with Crippen LogP contribution in [0.2, 0.25) is 0 Å². The number of alkyl halides is 1. The number of benzene rings is 2. The van der Waals surface area contributed by atoms with Gasteiger partial charge in [0, 0.05) is 11.9 Å². The fourth-order valence-corrected chi connectivity index (χ4v) is 2.17. The van der Waals surface area contributed by atoms with Crippen LogP contribution in [0.4, 0.5) is 5.69 Å². The number of rotatable bonds is 4. The van der Waals surface area contributed by atoms with Crippen molar-refractivity contribution in [2.45, 2.75) is 5.88 Å². The zero-order valence-corrected chi connectivity index (χ0v) is 12.0. The van der Waals surface area contributed by atoms with Crippen molar-refractivity contribution in [1.29, 1.82) is 0 Å². The summed E-state index contributed by atoms with van der Waals surface area (Å²) >= 11 is 9.11. The highest BCUT2D eigenvalue weighted by atomic mass is 79.9. The Kier molecular flexibility index (Phi) is 4.39. The summed E-state index contributed by atoms with van der Waals surface area (Å²) in [4.78, 5) is 10.2. The van der Waals surface area contributed by atoms with Crippen LogP contribution >= 0.6 is 27.5 Å². The monoisotopic (exact) mass is 341 g/mol. The van der Waals surface area contributed by atoms with Crippen LogP contribution in [-0.4, -0.2) is 4.92 Å². The molecule has 4 nitrogen and oxygen atoms in total. The van der Waals surface area contributed by atoms with Gasteiger partial charge < -0.3 is 4.74 Å². The highest BCUT2D eigenvalue weighted by Crippen LogP contribution is 2.32. The van der Waals surface area contributed by atoms with Crippen molar-refractivity contribution in [1.82, 2.24) is 0 Å². The van der Waals surface area contributed by atoms with Gasteiger partial charge in [-0.25, -0.2) is 0 Å². The van der Waals surface area contributed by atoms with Gasteiger partial charge in [-0.2, -0.15) is 0 Å². The van der Waals surface area contributed by atoms with Crippen LogP contribution in [0.25, 0.3) is 0 Å². The molecule has 0 bridgehead atoms. The smallest absolute Gasteiger partial charge is 0.273 e. The Bertz CT molecular complexity index is 619. The number of hydrogen-bond donors (Lipinski definition) is 0. The Labute approximate surface area is 123 Å². The molecule has 0 atom stereocenters. The maximum atomic E-state index is 10.7. The molecule has 0 saturated heterocycles. The molecule has 2 aromatic rings. The number of non-ortho nitro benzene ring substituents is 1. The predicted molar refractivity (Wildman–Crippen MR) is 76.9 cm³/mol. The van der Waals surface area contributed by atoms with Crippen LogP contribution in [0.15, 0.2) is 46.9 Å². The molecule has 0 aromatic heterocycles. The third-order valence-electron chi connectivity index (χ3n) is 2.41. The summed E-state index contributed by atoms with van der Waals surface area (Å²) in [7, 11) is 0. The Morgan fingerprint density at radius 3 is 2.68 bits per heavy atom. The first kappa shape index (κ1) is 13.8. The van der Waals surface area contributed by atoms with E-state index in [1.54, 1.807) is 18.2 Å². The van der Waals surface area contributed by atoms with Crippen LogP contribution in [0.5, 0.6) is 11.5 Å². The number of halogens is 2. The molecule has 0 heterocycles. The van der Waals surface area contributed by atoms with E-state index in [0.29, 0.717) is 17.4 Å². The van der Waals surface area contributed by atoms with Crippen molar-refractivity contribution in [2.75, 3.05) is 0 Å². The first-order valence-corrected chi connectivity index (χ1v) is 6.69. The molecule has 2 rings (SSSR count). The zero-order chi connectivity index (χ0) is 13.8. The van der Waals surface area contributed by atoms with Gasteiger partial charge in [0.25, 0.3) is 5.69 Å². The average Bonchev–Trinajstić information content (AvgIpc) is 2.41. The summed E-state index contributed by atoms with van der Waals surface area (Å²) in [5.41, 5.74) is 0.950. The van der Waals surface area contributed by atoms with E-state index >= 15 is 0 Å². The molecule has 0 aliphatic carbocycles. The van der Waals surface area contributed by atoms with E-state index in [1.807, 2.05) is 12.1 Å². The maximum Gasteiger partial charge on any atom is 0.273 e. The molecule has 0 N–H and O–H groups in total. The second-order valence-electron chi connectivity index (χ2n) is 3.75. The van der Waals surface area contributed by atoms with Crippen molar-refractivity contribution >= 4 is 33.2 Å². The fourth-order valence-electron chi connectivity index (χ4n) is 1.50. The maximum absolute atomic E-state index is 10.7. The highest BCUT2D eigenvalue weighted by molar-refractivity contribution is 9.10. The molecular weight excluding hydrogens is 334 g/mol. The molecule has 6 heteroatoms. The number of nitrogens with zero attached hydrogens (tertiary/aromatic N) is 1. The highest BCUT2D eigenvalue weighted by Gasteiger charge is 2.09. The molecule has 0 spiro atoms. The molecule has 2 aromatic carbocycles. The lowest BCUT2D eigenvalue weighted by atomic mass is 10.2. The van der Waals surface area contributed by atoms with E-state index < -0.39 is 4.92 Å². The summed E-state index contributed by atoms with van der Waals surface area (Å²) in [5, 5.41) is 10.7. The van der Waals surface area contributed by atoms with Gasteiger partial charge in [0.1, 0.15) is 11.5 Å². The van der Waals surface area contributed by atoms with Gasteiger partial charge in [0.15, 0.2) is 0 Å². The molecule has 0 aliphatic heterocycles. The minimum Gasteiger partial charge on any atom is -0.456 e. The van der Waals surface area contributed by atoms with Crippen LogP contribution in [-0.2, 0) is 5.88 Å². The summed E-state index contributed by atoms with van der Waals surface area (Å²) in [6, 6.07) is 11.5. The molecule has 0 saturated carbocycles. The van der Waals surface area contributed by atoms with Gasteiger partial charge in [0.2, 0.25) is 0 Å². The largest absolute Gasteiger partial charge is 0.456 e. The van der Waals surface area contributed by atoms with E-state index in [-0.39, 0.29) is 5.69 Å². The normalized spacial score (nSPS) is 10.2. The zero-order valence-electron chi connectivity index (χ0n) is 9.68. The topological polar surface area (TPSA) is 52.4 Å². The second kappa shape index (κ2) is 6.04. The quantitative estimate of drug-likeness (QED) is 0.451. The molecule has 0 amide bonds. The number of nitro groups is 1. The Morgan fingerprint density at radius 2 is 2.05 bits per heavy atom. The van der Waals surface area contributed by atoms with E-state index in [2.05, 4.69) is 15.9 Å². The van der Waals surface area contributed by atoms with Crippen LogP contribution in [0.3, 0.4) is 0 Å². The number of ether oxygens (including phenoxy) is 1. The van der Waals surface area contributed by atoms with Gasteiger partial charge in [-0.1, -0.05) is 12.1 Å². The number of nitro benzene ring substituents is 1. The van der Waals surface area contributed by atoms with Crippen molar-refractivity contribution in [3.05, 3.63) is 62.6 Å². The Hall–Kier alpha value is -1.59. The van der Waals surface area contributed by atoms with Crippen LogP contribution < -0.4 is 4.74 Å². The summed E-state index contributed by atoms with van der Waals surface area (Å²) in [6.07, 6.45) is 0. The van der Waals surface area contributed by atoms with Gasteiger partial charge >= 0.3 is 0 Å². The third-order valence-corrected chi connectivity index (χ3v) is 3.34. The van der Waals surface area contributed by atoms with Gasteiger partial charge in [-0.05, 0) is 39.7 Å². The molecule has 0 radical (unpaired) electrons. The summed E-state index contributed by atoms with van der Waals surface area (Å²) < 4.78 is 6.35. The first-order valence-electron chi connectivity index (χ1n) is 5.37. The molecule has 0 aliphatic rings. The molecule has 98 valence electrons. The SMILES string of the molecule is O=[N+]([O-])c1cccc(Oc2ccc(CCl)cc2Br)c1. The number of hydrogen-bond acceptors (Lipinski definition) is 3. The Morgan fingerprint density at radius 1 is 1.26 bits per heavy atom.